The van der Waals surface area contributed by atoms with Crippen LogP contribution < -0.4 is 0 Å². The van der Waals surface area contributed by atoms with Crippen LogP contribution >= 0.6 is 0 Å². The van der Waals surface area contributed by atoms with Crippen LogP contribution in [-0.2, 0) is 25.7 Å². The lowest BCUT2D eigenvalue weighted by atomic mass is 9.93. The fourth-order valence-electron chi connectivity index (χ4n) is 3.68. The number of carboxylic acid groups (broad SMARTS) is 2. The number of hydrogen-bond acceptors (Lipinski definition) is 2. The Hall–Kier alpha value is -2.62. The van der Waals surface area contributed by atoms with Crippen LogP contribution in [0.25, 0.3) is 0 Å². The van der Waals surface area contributed by atoms with Gasteiger partial charge in [0.15, 0.2) is 0 Å². The van der Waals surface area contributed by atoms with Gasteiger partial charge >= 0.3 is 11.9 Å². The third-order valence-electron chi connectivity index (χ3n) is 5.13. The Morgan fingerprint density at radius 2 is 1.00 bits per heavy atom. The molecule has 0 spiro atoms. The second-order valence-corrected chi connectivity index (χ2v) is 7.01. The van der Waals surface area contributed by atoms with E-state index in [9.17, 15) is 19.8 Å². The standard InChI is InChI=1S/C22H24O4/c23-21(24)19-13-15-5-1-3-7-17-12-10-16(14-20(17)22(25)26)6-2-4-8-18(19)11-9-15/h9-14H,1-8H2,(H,23,24)(H,25,26). The molecule has 0 radical (unpaired) electrons. The predicted octanol–water partition coefficient (Wildman–Crippen LogP) is 4.53. The maximum Gasteiger partial charge on any atom is 0.335 e. The normalized spacial score (nSPS) is 15.1. The monoisotopic (exact) mass is 352 g/mol. The SMILES string of the molecule is O=C(O)c1cc2ccc1CCCCc1ccc(c(C(=O)O)c1)CCCC2. The zero-order valence-corrected chi connectivity index (χ0v) is 14.8. The molecule has 4 heteroatoms. The highest BCUT2D eigenvalue weighted by Crippen LogP contribution is 2.21. The van der Waals surface area contributed by atoms with Crippen molar-refractivity contribution in [2.24, 2.45) is 0 Å². The minimum Gasteiger partial charge on any atom is -0.478 e. The van der Waals surface area contributed by atoms with Crippen molar-refractivity contribution in [2.75, 3.05) is 0 Å². The van der Waals surface area contributed by atoms with Gasteiger partial charge < -0.3 is 10.2 Å². The van der Waals surface area contributed by atoms with E-state index in [1.807, 2.05) is 24.3 Å². The van der Waals surface area contributed by atoms with Crippen molar-refractivity contribution in [1.82, 2.24) is 0 Å². The van der Waals surface area contributed by atoms with E-state index in [-0.39, 0.29) is 0 Å². The molecule has 2 N–H and O–H groups in total. The molecule has 2 aromatic rings. The minimum absolute atomic E-state index is 0.422. The fraction of sp³-hybridized carbons (Fsp3) is 0.364. The van der Waals surface area contributed by atoms with Gasteiger partial charge in [-0.1, -0.05) is 24.3 Å². The van der Waals surface area contributed by atoms with Crippen molar-refractivity contribution in [3.05, 3.63) is 69.8 Å². The molecule has 4 aliphatic carbocycles. The quantitative estimate of drug-likeness (QED) is 0.833. The minimum atomic E-state index is -0.857. The van der Waals surface area contributed by atoms with Gasteiger partial charge in [-0.15, -0.1) is 0 Å². The topological polar surface area (TPSA) is 74.6 Å². The zero-order valence-electron chi connectivity index (χ0n) is 14.8. The highest BCUT2D eigenvalue weighted by molar-refractivity contribution is 5.90. The van der Waals surface area contributed by atoms with Gasteiger partial charge in [0.05, 0.1) is 11.1 Å². The van der Waals surface area contributed by atoms with Crippen molar-refractivity contribution >= 4 is 11.9 Å². The van der Waals surface area contributed by atoms with Crippen molar-refractivity contribution in [3.63, 3.8) is 0 Å². The number of carbonyl (C=O) groups is 2. The van der Waals surface area contributed by atoms with Gasteiger partial charge in [0.1, 0.15) is 0 Å². The van der Waals surface area contributed by atoms with Gasteiger partial charge in [-0.05, 0) is 85.8 Å². The smallest absolute Gasteiger partial charge is 0.335 e. The fourth-order valence-corrected chi connectivity index (χ4v) is 3.68. The van der Waals surface area contributed by atoms with E-state index >= 15 is 0 Å². The van der Waals surface area contributed by atoms with Crippen molar-refractivity contribution in [3.8, 4) is 0 Å². The summed E-state index contributed by atoms with van der Waals surface area (Å²) in [6.45, 7) is 0. The Morgan fingerprint density at radius 3 is 1.38 bits per heavy atom. The van der Waals surface area contributed by atoms with E-state index < -0.39 is 11.9 Å². The zero-order chi connectivity index (χ0) is 18.5. The molecule has 0 aromatic heterocycles. The Morgan fingerprint density at radius 1 is 0.615 bits per heavy atom. The molecule has 0 fully saturated rings. The maximum atomic E-state index is 11.6. The molecule has 0 saturated heterocycles. The Labute approximate surface area is 153 Å². The number of benzene rings is 2. The third kappa shape index (κ3) is 4.31. The summed E-state index contributed by atoms with van der Waals surface area (Å²) >= 11 is 0. The number of hydrogen-bond donors (Lipinski definition) is 2. The van der Waals surface area contributed by atoms with E-state index in [0.717, 1.165) is 73.6 Å². The third-order valence-corrected chi connectivity index (χ3v) is 5.13. The summed E-state index contributed by atoms with van der Waals surface area (Å²) in [7, 11) is 0. The number of carboxylic acids is 2. The first-order valence-corrected chi connectivity index (χ1v) is 9.25. The van der Waals surface area contributed by atoms with Gasteiger partial charge in [-0.25, -0.2) is 9.59 Å². The van der Waals surface area contributed by atoms with Crippen molar-refractivity contribution in [1.29, 1.82) is 0 Å². The molecule has 0 saturated carbocycles. The molecule has 0 unspecified atom stereocenters. The van der Waals surface area contributed by atoms with Gasteiger partial charge in [-0.3, -0.25) is 0 Å². The van der Waals surface area contributed by atoms with Crippen LogP contribution in [0.2, 0.25) is 0 Å². The van der Waals surface area contributed by atoms with Crippen LogP contribution in [0.5, 0.6) is 0 Å². The maximum absolute atomic E-state index is 11.6. The van der Waals surface area contributed by atoms with E-state index in [0.29, 0.717) is 11.1 Å². The lowest BCUT2D eigenvalue weighted by Gasteiger charge is -2.12. The molecule has 136 valence electrons. The van der Waals surface area contributed by atoms with Crippen molar-refractivity contribution in [2.45, 2.75) is 51.4 Å². The summed E-state index contributed by atoms with van der Waals surface area (Å²) < 4.78 is 0. The second kappa shape index (κ2) is 8.17. The van der Waals surface area contributed by atoms with E-state index in [2.05, 4.69) is 0 Å². The molecular formula is C22H24O4. The van der Waals surface area contributed by atoms with E-state index in [1.165, 1.54) is 0 Å². The number of aromatic carboxylic acids is 2. The first-order valence-electron chi connectivity index (χ1n) is 9.25. The lowest BCUT2D eigenvalue weighted by molar-refractivity contribution is 0.0684. The highest BCUT2D eigenvalue weighted by atomic mass is 16.4. The van der Waals surface area contributed by atoms with Crippen LogP contribution in [0.4, 0.5) is 0 Å². The Kier molecular flexibility index (Phi) is 5.71. The summed E-state index contributed by atoms with van der Waals surface area (Å²) in [6, 6.07) is 11.6. The average Bonchev–Trinajstić information content (AvgIpc) is 2.62. The largest absolute Gasteiger partial charge is 0.478 e. The number of rotatable bonds is 2. The van der Waals surface area contributed by atoms with Crippen LogP contribution in [0.15, 0.2) is 36.4 Å². The molecule has 4 aliphatic rings. The molecule has 0 atom stereocenters. The molecule has 0 aliphatic heterocycles. The predicted molar refractivity (Wildman–Crippen MR) is 100 cm³/mol. The Balaban J connectivity index is 1.85. The van der Waals surface area contributed by atoms with Crippen LogP contribution in [0, 0.1) is 0 Å². The van der Waals surface area contributed by atoms with Crippen LogP contribution in [0.3, 0.4) is 0 Å². The first-order chi connectivity index (χ1) is 12.5. The molecule has 6 rings (SSSR count). The van der Waals surface area contributed by atoms with Crippen molar-refractivity contribution < 1.29 is 19.8 Å². The van der Waals surface area contributed by atoms with Gasteiger partial charge in [0.2, 0.25) is 0 Å². The van der Waals surface area contributed by atoms with Gasteiger partial charge in [0, 0.05) is 0 Å². The Bertz CT molecular complexity index is 753. The summed E-state index contributed by atoms with van der Waals surface area (Å²) in [5.41, 5.74) is 4.68. The average molecular weight is 352 g/mol. The van der Waals surface area contributed by atoms with Gasteiger partial charge in [0.25, 0.3) is 0 Å². The number of aryl methyl sites for hydroxylation is 4. The van der Waals surface area contributed by atoms with E-state index in [4.69, 9.17) is 0 Å². The molecule has 0 amide bonds. The molecule has 0 heterocycles. The lowest BCUT2D eigenvalue weighted by Crippen LogP contribution is -2.06. The summed E-state index contributed by atoms with van der Waals surface area (Å²) in [4.78, 5) is 23.1. The first kappa shape index (κ1) is 18.2. The van der Waals surface area contributed by atoms with E-state index in [1.54, 1.807) is 12.1 Å². The second-order valence-electron chi connectivity index (χ2n) is 7.01. The molecule has 2 aromatic carbocycles. The van der Waals surface area contributed by atoms with Crippen LogP contribution in [-0.4, -0.2) is 22.2 Å². The molecule has 4 nitrogen and oxygen atoms in total. The summed E-state index contributed by atoms with van der Waals surface area (Å²) in [5.74, 6) is -1.71. The summed E-state index contributed by atoms with van der Waals surface area (Å²) in [6.07, 6.45) is 6.63. The molecular weight excluding hydrogens is 328 g/mol. The molecule has 4 bridgehead atoms. The molecule has 26 heavy (non-hydrogen) atoms. The van der Waals surface area contributed by atoms with Gasteiger partial charge in [-0.2, -0.15) is 0 Å². The highest BCUT2D eigenvalue weighted by Gasteiger charge is 2.14. The van der Waals surface area contributed by atoms with Crippen LogP contribution in [0.1, 0.15) is 68.7 Å². The summed E-state index contributed by atoms with van der Waals surface area (Å²) in [5, 5.41) is 19.0.